The summed E-state index contributed by atoms with van der Waals surface area (Å²) in [6.45, 7) is 4.77. The molecule has 2 N–H and O–H groups in total. The quantitative estimate of drug-likeness (QED) is 0.842. The Balaban J connectivity index is 2.50. The summed E-state index contributed by atoms with van der Waals surface area (Å²) in [5, 5.41) is 12.2. The summed E-state index contributed by atoms with van der Waals surface area (Å²) in [6, 6.07) is 5.51. The highest BCUT2D eigenvalue weighted by Crippen LogP contribution is 2.18. The molecule has 0 spiro atoms. The summed E-state index contributed by atoms with van der Waals surface area (Å²) in [4.78, 5) is 11.9. The highest BCUT2D eigenvalue weighted by atomic mass is 79.9. The molecule has 18 heavy (non-hydrogen) atoms. The van der Waals surface area contributed by atoms with E-state index in [9.17, 15) is 9.90 Å². The third kappa shape index (κ3) is 4.76. The first kappa shape index (κ1) is 15.1. The number of hydrogen-bond donors (Lipinski definition) is 2. The van der Waals surface area contributed by atoms with Crippen molar-refractivity contribution in [3.8, 4) is 0 Å². The molecular weight excluding hydrogens is 298 g/mol. The van der Waals surface area contributed by atoms with Crippen LogP contribution in [0.3, 0.4) is 0 Å². The predicted molar refractivity (Wildman–Crippen MR) is 73.7 cm³/mol. The zero-order chi connectivity index (χ0) is 13.5. The predicted octanol–water partition coefficient (Wildman–Crippen LogP) is 1.88. The summed E-state index contributed by atoms with van der Waals surface area (Å²) < 4.78 is 5.81. The van der Waals surface area contributed by atoms with E-state index >= 15 is 0 Å². The van der Waals surface area contributed by atoms with Gasteiger partial charge in [-0.2, -0.15) is 0 Å². The van der Waals surface area contributed by atoms with Crippen LogP contribution in [0.2, 0.25) is 0 Å². The van der Waals surface area contributed by atoms with Gasteiger partial charge >= 0.3 is 0 Å². The van der Waals surface area contributed by atoms with Crippen LogP contribution < -0.4 is 5.32 Å². The monoisotopic (exact) mass is 315 g/mol. The summed E-state index contributed by atoms with van der Waals surface area (Å²) >= 11 is 3.35. The van der Waals surface area contributed by atoms with Crippen LogP contribution in [0.4, 0.5) is 0 Å². The number of hydrogen-bond acceptors (Lipinski definition) is 3. The molecule has 5 heteroatoms. The Bertz CT molecular complexity index is 409. The zero-order valence-electron chi connectivity index (χ0n) is 10.6. The maximum atomic E-state index is 11.9. The zero-order valence-corrected chi connectivity index (χ0v) is 12.2. The number of nitrogens with one attached hydrogen (secondary N) is 1. The molecule has 0 heterocycles. The molecule has 0 unspecified atom stereocenters. The van der Waals surface area contributed by atoms with E-state index in [1.165, 1.54) is 0 Å². The smallest absolute Gasteiger partial charge is 0.252 e. The van der Waals surface area contributed by atoms with E-state index in [2.05, 4.69) is 21.2 Å². The van der Waals surface area contributed by atoms with Crippen molar-refractivity contribution in [1.82, 2.24) is 5.32 Å². The number of benzene rings is 1. The number of rotatable bonds is 6. The van der Waals surface area contributed by atoms with Crippen molar-refractivity contribution in [3.63, 3.8) is 0 Å². The Morgan fingerprint density at radius 1 is 1.56 bits per heavy atom. The van der Waals surface area contributed by atoms with Gasteiger partial charge in [-0.1, -0.05) is 6.07 Å². The lowest BCUT2D eigenvalue weighted by molar-refractivity contribution is 0.0418. The largest absolute Gasteiger partial charge is 0.389 e. The van der Waals surface area contributed by atoms with Crippen molar-refractivity contribution < 1.29 is 14.6 Å². The Morgan fingerprint density at radius 3 is 2.89 bits per heavy atom. The molecule has 0 aromatic heterocycles. The van der Waals surface area contributed by atoms with Crippen molar-refractivity contribution >= 4 is 21.8 Å². The molecule has 0 aliphatic heterocycles. The second-order valence-electron chi connectivity index (χ2n) is 4.01. The van der Waals surface area contributed by atoms with Crippen LogP contribution in [0.25, 0.3) is 0 Å². The van der Waals surface area contributed by atoms with Crippen molar-refractivity contribution in [2.24, 2.45) is 0 Å². The molecule has 0 aliphatic rings. The highest BCUT2D eigenvalue weighted by Gasteiger charge is 2.11. The molecule has 0 saturated carbocycles. The summed E-state index contributed by atoms with van der Waals surface area (Å²) in [5.41, 5.74) is 1.64. The minimum Gasteiger partial charge on any atom is -0.389 e. The molecule has 0 saturated heterocycles. The van der Waals surface area contributed by atoms with Gasteiger partial charge in [0, 0.05) is 17.6 Å². The first-order valence-corrected chi connectivity index (χ1v) is 6.64. The molecule has 100 valence electrons. The Hall–Kier alpha value is -0.910. The minimum atomic E-state index is -0.682. The van der Waals surface area contributed by atoms with E-state index in [1.54, 1.807) is 6.07 Å². The van der Waals surface area contributed by atoms with Crippen LogP contribution in [0.1, 0.15) is 22.8 Å². The Morgan fingerprint density at radius 2 is 2.28 bits per heavy atom. The lowest BCUT2D eigenvalue weighted by atomic mass is 10.1. The topological polar surface area (TPSA) is 58.6 Å². The highest BCUT2D eigenvalue weighted by molar-refractivity contribution is 9.10. The molecule has 1 amide bonds. The van der Waals surface area contributed by atoms with Gasteiger partial charge in [0.15, 0.2) is 0 Å². The fraction of sp³-hybridized carbons (Fsp3) is 0.462. The number of amides is 1. The lowest BCUT2D eigenvalue weighted by Crippen LogP contribution is -2.34. The van der Waals surface area contributed by atoms with Crippen LogP contribution in [-0.4, -0.2) is 36.9 Å². The minimum absolute atomic E-state index is 0.180. The van der Waals surface area contributed by atoms with Crippen molar-refractivity contribution in [2.75, 3.05) is 19.8 Å². The van der Waals surface area contributed by atoms with Gasteiger partial charge in [0.05, 0.1) is 18.3 Å². The number of aryl methyl sites for hydroxylation is 1. The second kappa shape index (κ2) is 7.51. The molecule has 0 bridgehead atoms. The number of aliphatic hydroxyl groups is 1. The van der Waals surface area contributed by atoms with E-state index in [4.69, 9.17) is 4.74 Å². The molecular formula is C13H18BrNO3. The SMILES string of the molecule is CCOC[C@@H](O)CNC(=O)c1ccc(C)cc1Br. The number of carbonyl (C=O) groups is 1. The molecule has 1 aromatic rings. The number of halogens is 1. The maximum Gasteiger partial charge on any atom is 0.252 e. The van der Waals surface area contributed by atoms with Crippen LogP contribution in [0, 0.1) is 6.92 Å². The van der Waals surface area contributed by atoms with Gasteiger partial charge in [-0.05, 0) is 47.5 Å². The van der Waals surface area contributed by atoms with Gasteiger partial charge in [-0.3, -0.25) is 4.79 Å². The third-order valence-electron chi connectivity index (χ3n) is 2.38. The van der Waals surface area contributed by atoms with Crippen LogP contribution in [0.15, 0.2) is 22.7 Å². The van der Waals surface area contributed by atoms with E-state index in [1.807, 2.05) is 26.0 Å². The van der Waals surface area contributed by atoms with E-state index in [0.29, 0.717) is 12.2 Å². The molecule has 4 nitrogen and oxygen atoms in total. The second-order valence-corrected chi connectivity index (χ2v) is 4.86. The van der Waals surface area contributed by atoms with Gasteiger partial charge in [-0.25, -0.2) is 0 Å². The summed E-state index contributed by atoms with van der Waals surface area (Å²) in [5.74, 6) is -0.211. The van der Waals surface area contributed by atoms with Crippen LogP contribution in [0.5, 0.6) is 0 Å². The third-order valence-corrected chi connectivity index (χ3v) is 3.04. The molecule has 1 atom stereocenters. The number of aliphatic hydroxyl groups excluding tert-OH is 1. The normalized spacial score (nSPS) is 12.2. The number of carbonyl (C=O) groups excluding carboxylic acids is 1. The first-order chi connectivity index (χ1) is 8.54. The fourth-order valence-corrected chi connectivity index (χ4v) is 2.10. The van der Waals surface area contributed by atoms with Gasteiger partial charge in [0.25, 0.3) is 5.91 Å². The number of ether oxygens (including phenoxy) is 1. The average molecular weight is 316 g/mol. The summed E-state index contributed by atoms with van der Waals surface area (Å²) in [7, 11) is 0. The molecule has 1 rings (SSSR count). The Kier molecular flexibility index (Phi) is 6.32. The van der Waals surface area contributed by atoms with Crippen molar-refractivity contribution in [3.05, 3.63) is 33.8 Å². The van der Waals surface area contributed by atoms with Gasteiger partial charge in [-0.15, -0.1) is 0 Å². The van der Waals surface area contributed by atoms with Gasteiger partial charge in [0.1, 0.15) is 0 Å². The standard InChI is InChI=1S/C13H18BrNO3/c1-3-18-8-10(16)7-15-13(17)11-5-4-9(2)6-12(11)14/h4-6,10,16H,3,7-8H2,1-2H3,(H,15,17)/t10-/m0/s1. The van der Waals surface area contributed by atoms with E-state index < -0.39 is 6.10 Å². The van der Waals surface area contributed by atoms with Gasteiger partial charge in [0.2, 0.25) is 0 Å². The van der Waals surface area contributed by atoms with Crippen molar-refractivity contribution in [1.29, 1.82) is 0 Å². The summed E-state index contributed by atoms with van der Waals surface area (Å²) in [6.07, 6.45) is -0.682. The fourth-order valence-electron chi connectivity index (χ4n) is 1.42. The van der Waals surface area contributed by atoms with Gasteiger partial charge < -0.3 is 15.2 Å². The first-order valence-electron chi connectivity index (χ1n) is 5.84. The lowest BCUT2D eigenvalue weighted by Gasteiger charge is -2.12. The van der Waals surface area contributed by atoms with Crippen LogP contribution in [-0.2, 0) is 4.74 Å². The van der Waals surface area contributed by atoms with Crippen molar-refractivity contribution in [2.45, 2.75) is 20.0 Å². The molecule has 1 aromatic carbocycles. The average Bonchev–Trinajstić information content (AvgIpc) is 2.33. The maximum absolute atomic E-state index is 11.9. The molecule has 0 fully saturated rings. The molecule has 0 aliphatic carbocycles. The Labute approximate surface area is 115 Å². The molecule has 0 radical (unpaired) electrons. The van der Waals surface area contributed by atoms with E-state index in [0.717, 1.165) is 10.0 Å². The van der Waals surface area contributed by atoms with E-state index in [-0.39, 0.29) is 19.1 Å². The van der Waals surface area contributed by atoms with Crippen LogP contribution >= 0.6 is 15.9 Å².